The van der Waals surface area contributed by atoms with Crippen molar-refractivity contribution in [2.45, 2.75) is 45.3 Å². The van der Waals surface area contributed by atoms with E-state index in [1.165, 1.54) is 0 Å². The molecule has 0 amide bonds. The Morgan fingerprint density at radius 3 is 2.32 bits per heavy atom. The molecule has 0 radical (unpaired) electrons. The Hall–Kier alpha value is -1.87. The van der Waals surface area contributed by atoms with Gasteiger partial charge < -0.3 is 18.9 Å². The van der Waals surface area contributed by atoms with Crippen LogP contribution in [-0.2, 0) is 14.3 Å². The van der Waals surface area contributed by atoms with Crippen molar-refractivity contribution in [2.75, 3.05) is 13.2 Å². The van der Waals surface area contributed by atoms with Crippen molar-refractivity contribution in [2.24, 2.45) is 17.8 Å². The third kappa shape index (κ3) is 5.57. The van der Waals surface area contributed by atoms with E-state index < -0.39 is 23.9 Å². The van der Waals surface area contributed by atoms with E-state index in [0.717, 1.165) is 25.0 Å². The number of hydrogen-bond donors (Lipinski definition) is 0. The Balaban J connectivity index is 1.50. The molecule has 0 bridgehead atoms. The Bertz CT molecular complexity index is 677. The zero-order chi connectivity index (χ0) is 20.3. The Kier molecular flexibility index (Phi) is 6.44. The minimum absolute atomic E-state index is 0.160. The van der Waals surface area contributed by atoms with Gasteiger partial charge in [0, 0.05) is 17.9 Å². The molecule has 1 aliphatic carbocycles. The number of benzene rings is 1. The summed E-state index contributed by atoms with van der Waals surface area (Å²) in [5.41, 5.74) is 0. The molecule has 0 N–H and O–H groups in total. The van der Waals surface area contributed by atoms with E-state index >= 15 is 0 Å². The fourth-order valence-corrected chi connectivity index (χ4v) is 3.47. The van der Waals surface area contributed by atoms with Crippen molar-refractivity contribution in [1.29, 1.82) is 0 Å². The van der Waals surface area contributed by atoms with Crippen LogP contribution in [0.2, 0.25) is 0 Å². The first-order valence-electron chi connectivity index (χ1n) is 9.21. The maximum atomic E-state index is 13.7. The molecule has 28 heavy (non-hydrogen) atoms. The molecule has 1 aliphatic heterocycles. The first-order valence-corrected chi connectivity index (χ1v) is 9.21. The summed E-state index contributed by atoms with van der Waals surface area (Å²) in [5, 5.41) is 0. The van der Waals surface area contributed by atoms with Crippen LogP contribution in [0.5, 0.6) is 11.5 Å². The summed E-state index contributed by atoms with van der Waals surface area (Å²) in [6.45, 7) is 3.37. The van der Waals surface area contributed by atoms with Crippen molar-refractivity contribution in [1.82, 2.24) is 0 Å². The van der Waals surface area contributed by atoms with E-state index in [9.17, 15) is 22.4 Å². The standard InChI is InChI=1S/C19H22F4O5/c1-11-9-25-18(26-10-11)13-4-2-12(3-5-13)17(24)27-14-6-7-16(15(20)8-14)28-19(21,22)23/h6-8,11-13,18H,2-5,9-10H2,1H3. The molecule has 2 fully saturated rings. The summed E-state index contributed by atoms with van der Waals surface area (Å²) in [7, 11) is 0. The first-order chi connectivity index (χ1) is 13.2. The number of rotatable bonds is 4. The average Bonchev–Trinajstić information content (AvgIpc) is 2.64. The van der Waals surface area contributed by atoms with Crippen LogP contribution in [0.3, 0.4) is 0 Å². The predicted molar refractivity (Wildman–Crippen MR) is 89.0 cm³/mol. The highest BCUT2D eigenvalue weighted by molar-refractivity contribution is 5.75. The normalized spacial score (nSPS) is 28.6. The molecule has 1 aromatic rings. The lowest BCUT2D eigenvalue weighted by molar-refractivity contribution is -0.275. The minimum Gasteiger partial charge on any atom is -0.426 e. The van der Waals surface area contributed by atoms with Gasteiger partial charge in [0.1, 0.15) is 5.75 Å². The monoisotopic (exact) mass is 406 g/mol. The SMILES string of the molecule is CC1COC(C2CCC(C(=O)Oc3ccc(OC(F)(F)F)c(F)c3)CC2)OC1. The second-order valence-electron chi connectivity index (χ2n) is 7.31. The number of hydrogen-bond acceptors (Lipinski definition) is 5. The van der Waals surface area contributed by atoms with Gasteiger partial charge in [0.25, 0.3) is 0 Å². The number of carbonyl (C=O) groups excluding carboxylic acids is 1. The number of halogens is 4. The summed E-state index contributed by atoms with van der Waals surface area (Å²) in [5.74, 6) is -2.69. The van der Waals surface area contributed by atoms with Crippen LogP contribution < -0.4 is 9.47 Å². The van der Waals surface area contributed by atoms with Crippen LogP contribution in [0, 0.1) is 23.6 Å². The highest BCUT2D eigenvalue weighted by atomic mass is 19.4. The van der Waals surface area contributed by atoms with Gasteiger partial charge in [-0.15, -0.1) is 13.2 Å². The molecule has 3 rings (SSSR count). The molecule has 0 spiro atoms. The Morgan fingerprint density at radius 1 is 1.11 bits per heavy atom. The van der Waals surface area contributed by atoms with E-state index in [1.807, 2.05) is 6.92 Å². The van der Waals surface area contributed by atoms with Gasteiger partial charge in [0.2, 0.25) is 0 Å². The largest absolute Gasteiger partial charge is 0.573 e. The van der Waals surface area contributed by atoms with E-state index in [2.05, 4.69) is 4.74 Å². The number of alkyl halides is 3. The first kappa shape index (κ1) is 20.9. The quantitative estimate of drug-likeness (QED) is 0.420. The molecular weight excluding hydrogens is 384 g/mol. The summed E-state index contributed by atoms with van der Waals surface area (Å²) in [6, 6.07) is 2.55. The zero-order valence-electron chi connectivity index (χ0n) is 15.3. The molecule has 1 heterocycles. The molecule has 1 saturated carbocycles. The van der Waals surface area contributed by atoms with Gasteiger partial charge >= 0.3 is 12.3 Å². The summed E-state index contributed by atoms with van der Waals surface area (Å²) < 4.78 is 70.3. The van der Waals surface area contributed by atoms with Crippen LogP contribution in [0.1, 0.15) is 32.6 Å². The fourth-order valence-electron chi connectivity index (χ4n) is 3.47. The summed E-state index contributed by atoms with van der Waals surface area (Å²) in [4.78, 5) is 12.3. The lowest BCUT2D eigenvalue weighted by Crippen LogP contribution is -2.38. The Labute approximate surface area is 159 Å². The molecule has 1 saturated heterocycles. The average molecular weight is 406 g/mol. The molecule has 0 atom stereocenters. The molecule has 5 nitrogen and oxygen atoms in total. The zero-order valence-corrected chi connectivity index (χ0v) is 15.3. The molecule has 156 valence electrons. The lowest BCUT2D eigenvalue weighted by Gasteiger charge is -2.36. The van der Waals surface area contributed by atoms with Crippen molar-refractivity contribution in [3.8, 4) is 11.5 Å². The lowest BCUT2D eigenvalue weighted by atomic mass is 9.81. The summed E-state index contributed by atoms with van der Waals surface area (Å²) >= 11 is 0. The second kappa shape index (κ2) is 8.65. The van der Waals surface area contributed by atoms with Crippen LogP contribution in [0.15, 0.2) is 18.2 Å². The highest BCUT2D eigenvalue weighted by Crippen LogP contribution is 2.35. The minimum atomic E-state index is -5.00. The van der Waals surface area contributed by atoms with Crippen LogP contribution in [0.25, 0.3) is 0 Å². The number of ether oxygens (including phenoxy) is 4. The van der Waals surface area contributed by atoms with Gasteiger partial charge in [-0.05, 0) is 37.8 Å². The van der Waals surface area contributed by atoms with Crippen LogP contribution in [0.4, 0.5) is 17.6 Å². The smallest absolute Gasteiger partial charge is 0.426 e. The van der Waals surface area contributed by atoms with Gasteiger partial charge in [-0.3, -0.25) is 4.79 Å². The maximum Gasteiger partial charge on any atom is 0.573 e. The van der Waals surface area contributed by atoms with Crippen molar-refractivity contribution in [3.63, 3.8) is 0 Å². The van der Waals surface area contributed by atoms with E-state index in [0.29, 0.717) is 38.0 Å². The third-order valence-corrected chi connectivity index (χ3v) is 4.93. The summed E-state index contributed by atoms with van der Waals surface area (Å²) in [6.07, 6.45) is -2.60. The van der Waals surface area contributed by atoms with Crippen LogP contribution >= 0.6 is 0 Å². The molecule has 0 unspecified atom stereocenters. The maximum absolute atomic E-state index is 13.7. The van der Waals surface area contributed by atoms with Gasteiger partial charge in [-0.2, -0.15) is 0 Å². The van der Waals surface area contributed by atoms with Crippen molar-refractivity contribution in [3.05, 3.63) is 24.0 Å². The van der Waals surface area contributed by atoms with E-state index in [4.69, 9.17) is 14.2 Å². The van der Waals surface area contributed by atoms with Gasteiger partial charge in [0.05, 0.1) is 19.1 Å². The number of carbonyl (C=O) groups is 1. The van der Waals surface area contributed by atoms with Gasteiger partial charge in [-0.1, -0.05) is 6.92 Å². The third-order valence-electron chi connectivity index (χ3n) is 4.93. The molecule has 1 aromatic carbocycles. The van der Waals surface area contributed by atoms with Crippen LogP contribution in [-0.4, -0.2) is 31.8 Å². The Morgan fingerprint density at radius 2 is 1.75 bits per heavy atom. The van der Waals surface area contributed by atoms with Crippen molar-refractivity contribution >= 4 is 5.97 Å². The number of esters is 1. The fraction of sp³-hybridized carbons (Fsp3) is 0.632. The van der Waals surface area contributed by atoms with Gasteiger partial charge in [-0.25, -0.2) is 4.39 Å². The molecule has 2 aliphatic rings. The van der Waals surface area contributed by atoms with E-state index in [-0.39, 0.29) is 23.9 Å². The molecule has 0 aromatic heterocycles. The predicted octanol–water partition coefficient (Wildman–Crippen LogP) is 4.45. The topological polar surface area (TPSA) is 54.0 Å². The van der Waals surface area contributed by atoms with Crippen molar-refractivity contribution < 1.29 is 41.3 Å². The molecular formula is C19H22F4O5. The van der Waals surface area contributed by atoms with Gasteiger partial charge in [0.15, 0.2) is 17.9 Å². The highest BCUT2D eigenvalue weighted by Gasteiger charge is 2.35. The van der Waals surface area contributed by atoms with E-state index in [1.54, 1.807) is 0 Å². The second-order valence-corrected chi connectivity index (χ2v) is 7.31. The molecule has 9 heteroatoms.